The molecule has 0 radical (unpaired) electrons. The van der Waals surface area contributed by atoms with E-state index in [0.29, 0.717) is 44.3 Å². The van der Waals surface area contributed by atoms with Crippen molar-refractivity contribution in [3.63, 3.8) is 0 Å². The Bertz CT molecular complexity index is 1230. The highest BCUT2D eigenvalue weighted by atomic mass is 16.6. The fraction of sp³-hybridized carbons (Fsp3) is 0.690. The fourth-order valence-electron chi connectivity index (χ4n) is 8.39. The molecule has 5 heterocycles. The Balaban J connectivity index is 1.30. The van der Waals surface area contributed by atoms with Gasteiger partial charge >= 0.3 is 17.9 Å². The standard InChI is InChI=1S/C29H34O11/c1-26-18-12-20(29(26)15-37-29)38-19-10-16(13-30)5-8-27(19,26)14-35-22(32)11-17-6-9-36-28(7-3-2-4-21(31)39-18)23(33)25(34)40-24(17)28/h2,4,10-11,18-20,23-24,30,33H,3,5-9,12-15H2,1H3/t18-,19-,20-,23+,24-,26+,27-,28-,29-/m1/s1. The molecular formula is C29H34O11. The average Bonchev–Trinajstić information content (AvgIpc) is 3.68. The van der Waals surface area contributed by atoms with Gasteiger partial charge in [0, 0.05) is 24.0 Å². The zero-order valence-electron chi connectivity index (χ0n) is 22.3. The van der Waals surface area contributed by atoms with Gasteiger partial charge in [-0.25, -0.2) is 14.4 Å². The molecule has 5 fully saturated rings. The minimum atomic E-state index is -1.52. The minimum absolute atomic E-state index is 0.0254. The number of epoxide rings is 1. The molecule has 2 spiro atoms. The SMILES string of the molecule is C[C@]12[C@H]3C[C@@H](O[C@@H]4C=C(CO)CC[C@@]41COC(=O)C=C1CCO[C@@]4(CCC=CC(=O)O3)[C@@H]1OC(=O)[C@@H]4O)[C@]21CO1. The molecule has 4 bridgehead atoms. The van der Waals surface area contributed by atoms with Gasteiger partial charge in [0.2, 0.25) is 0 Å². The molecule has 7 aliphatic rings. The van der Waals surface area contributed by atoms with Crippen LogP contribution in [-0.2, 0) is 42.8 Å². The number of allylic oxidation sites excluding steroid dienone is 1. The van der Waals surface area contributed by atoms with Crippen LogP contribution in [0.2, 0.25) is 0 Å². The summed E-state index contributed by atoms with van der Waals surface area (Å²) in [5, 5.41) is 20.6. The monoisotopic (exact) mass is 558 g/mol. The van der Waals surface area contributed by atoms with Gasteiger partial charge in [0.25, 0.3) is 0 Å². The summed E-state index contributed by atoms with van der Waals surface area (Å²) >= 11 is 0. The van der Waals surface area contributed by atoms with E-state index in [1.165, 1.54) is 12.2 Å². The topological polar surface area (TPSA) is 150 Å². The van der Waals surface area contributed by atoms with E-state index in [-0.39, 0.29) is 32.3 Å². The quantitative estimate of drug-likeness (QED) is 0.204. The molecule has 0 amide bonds. The fourth-order valence-corrected chi connectivity index (χ4v) is 8.39. The van der Waals surface area contributed by atoms with Crippen molar-refractivity contribution < 1.29 is 53.0 Å². The lowest BCUT2D eigenvalue weighted by Gasteiger charge is -2.58. The number of hydrogen-bond acceptors (Lipinski definition) is 11. The zero-order chi connectivity index (χ0) is 27.9. The lowest BCUT2D eigenvalue weighted by molar-refractivity contribution is -0.232. The number of carbonyl (C=O) groups excluding carboxylic acids is 3. The van der Waals surface area contributed by atoms with Crippen molar-refractivity contribution in [3.05, 3.63) is 35.5 Å². The molecule has 1 saturated carbocycles. The van der Waals surface area contributed by atoms with Crippen LogP contribution in [0.5, 0.6) is 0 Å². The predicted molar refractivity (Wildman–Crippen MR) is 133 cm³/mol. The van der Waals surface area contributed by atoms with Crippen LogP contribution in [0, 0.1) is 10.8 Å². The second kappa shape index (κ2) is 8.96. The number of ether oxygens (including phenoxy) is 6. The summed E-state index contributed by atoms with van der Waals surface area (Å²) in [5.74, 6) is -1.94. The molecule has 216 valence electrons. The van der Waals surface area contributed by atoms with Gasteiger partial charge in [0.15, 0.2) is 12.2 Å². The van der Waals surface area contributed by atoms with Gasteiger partial charge in [-0.15, -0.1) is 0 Å². The summed E-state index contributed by atoms with van der Waals surface area (Å²) in [7, 11) is 0. The van der Waals surface area contributed by atoms with Gasteiger partial charge in [0.1, 0.15) is 23.9 Å². The van der Waals surface area contributed by atoms with Crippen LogP contribution < -0.4 is 0 Å². The Hall–Kier alpha value is -2.57. The molecule has 0 unspecified atom stereocenters. The molecule has 11 nitrogen and oxygen atoms in total. The summed E-state index contributed by atoms with van der Waals surface area (Å²) in [5.41, 5.74) is -2.17. The second-order valence-electron chi connectivity index (χ2n) is 12.3. The Morgan fingerprint density at radius 3 is 2.62 bits per heavy atom. The van der Waals surface area contributed by atoms with Crippen LogP contribution in [-0.4, -0.2) is 96.3 Å². The van der Waals surface area contributed by atoms with Crippen LogP contribution in [0.1, 0.15) is 45.4 Å². The van der Waals surface area contributed by atoms with Crippen molar-refractivity contribution in [3.8, 4) is 0 Å². The lowest BCUT2D eigenvalue weighted by Crippen LogP contribution is -2.66. The highest BCUT2D eigenvalue weighted by molar-refractivity contribution is 5.85. The van der Waals surface area contributed by atoms with E-state index in [1.54, 1.807) is 6.08 Å². The molecule has 2 N–H and O–H groups in total. The van der Waals surface area contributed by atoms with E-state index < -0.39 is 64.4 Å². The third-order valence-corrected chi connectivity index (χ3v) is 10.8. The van der Waals surface area contributed by atoms with Crippen molar-refractivity contribution in [1.29, 1.82) is 0 Å². The number of carbonyl (C=O) groups is 3. The van der Waals surface area contributed by atoms with E-state index in [2.05, 4.69) is 6.92 Å². The number of esters is 3. The van der Waals surface area contributed by atoms with Crippen molar-refractivity contribution >= 4 is 17.9 Å². The lowest BCUT2D eigenvalue weighted by atomic mass is 9.51. The molecule has 0 aromatic rings. The first-order valence-electron chi connectivity index (χ1n) is 14.1. The maximum Gasteiger partial charge on any atom is 0.338 e. The van der Waals surface area contributed by atoms with Crippen LogP contribution in [0.25, 0.3) is 0 Å². The largest absolute Gasteiger partial charge is 0.462 e. The first-order chi connectivity index (χ1) is 19.2. The first kappa shape index (κ1) is 26.3. The smallest absolute Gasteiger partial charge is 0.338 e. The minimum Gasteiger partial charge on any atom is -0.462 e. The van der Waals surface area contributed by atoms with E-state index in [1.807, 2.05) is 6.08 Å². The normalized spacial score (nSPS) is 47.9. The van der Waals surface area contributed by atoms with Crippen molar-refractivity contribution in [2.45, 2.75) is 87.2 Å². The molecule has 4 saturated heterocycles. The molecule has 11 heteroatoms. The molecule has 5 aliphatic heterocycles. The van der Waals surface area contributed by atoms with Crippen LogP contribution in [0.3, 0.4) is 0 Å². The number of cyclic esters (lactones) is 1. The summed E-state index contributed by atoms with van der Waals surface area (Å²) in [6.45, 7) is 2.58. The Labute approximate surface area is 231 Å². The highest BCUT2D eigenvalue weighted by Gasteiger charge is 2.83. The first-order valence-corrected chi connectivity index (χ1v) is 14.1. The predicted octanol–water partition coefficient (Wildman–Crippen LogP) is 0.809. The van der Waals surface area contributed by atoms with Crippen molar-refractivity contribution in [2.24, 2.45) is 10.8 Å². The second-order valence-corrected chi connectivity index (χ2v) is 12.3. The maximum absolute atomic E-state index is 13.4. The number of aliphatic hydroxyl groups excluding tert-OH is 2. The van der Waals surface area contributed by atoms with Gasteiger partial charge in [-0.3, -0.25) is 0 Å². The van der Waals surface area contributed by atoms with E-state index >= 15 is 0 Å². The molecule has 40 heavy (non-hydrogen) atoms. The van der Waals surface area contributed by atoms with Crippen molar-refractivity contribution in [1.82, 2.24) is 0 Å². The van der Waals surface area contributed by atoms with Crippen molar-refractivity contribution in [2.75, 3.05) is 26.4 Å². The summed E-state index contributed by atoms with van der Waals surface area (Å²) in [4.78, 5) is 38.9. The Morgan fingerprint density at radius 1 is 1.02 bits per heavy atom. The maximum atomic E-state index is 13.4. The summed E-state index contributed by atoms with van der Waals surface area (Å²) in [6.07, 6.45) is 4.86. The van der Waals surface area contributed by atoms with Gasteiger partial charge in [0.05, 0.1) is 37.4 Å². The molecule has 7 rings (SSSR count). The van der Waals surface area contributed by atoms with E-state index in [4.69, 9.17) is 28.4 Å². The van der Waals surface area contributed by atoms with Crippen LogP contribution in [0.15, 0.2) is 35.5 Å². The Kier molecular flexibility index (Phi) is 5.90. The zero-order valence-corrected chi connectivity index (χ0v) is 22.3. The van der Waals surface area contributed by atoms with Crippen LogP contribution in [0.4, 0.5) is 0 Å². The van der Waals surface area contributed by atoms with Gasteiger partial charge < -0.3 is 38.6 Å². The van der Waals surface area contributed by atoms with E-state index in [0.717, 1.165) is 5.57 Å². The van der Waals surface area contributed by atoms with Crippen LogP contribution >= 0.6 is 0 Å². The molecule has 0 aromatic carbocycles. The van der Waals surface area contributed by atoms with Gasteiger partial charge in [-0.1, -0.05) is 19.1 Å². The molecular weight excluding hydrogens is 524 g/mol. The number of hydrogen-bond donors (Lipinski definition) is 2. The summed E-state index contributed by atoms with van der Waals surface area (Å²) in [6, 6.07) is 0. The van der Waals surface area contributed by atoms with Gasteiger partial charge in [-0.05, 0) is 43.3 Å². The molecule has 0 aromatic heterocycles. The van der Waals surface area contributed by atoms with E-state index in [9.17, 15) is 24.6 Å². The number of aliphatic hydroxyl groups is 2. The average molecular weight is 559 g/mol. The summed E-state index contributed by atoms with van der Waals surface area (Å²) < 4.78 is 36.2. The Morgan fingerprint density at radius 2 is 1.85 bits per heavy atom. The number of rotatable bonds is 1. The molecule has 2 aliphatic carbocycles. The van der Waals surface area contributed by atoms with Gasteiger partial charge in [-0.2, -0.15) is 0 Å². The highest BCUT2D eigenvalue weighted by Crippen LogP contribution is 2.72. The third kappa shape index (κ3) is 3.38. The third-order valence-electron chi connectivity index (χ3n) is 10.8. The molecule has 9 atom stereocenters.